The van der Waals surface area contributed by atoms with Crippen molar-refractivity contribution in [1.82, 2.24) is 0 Å². The highest BCUT2D eigenvalue weighted by Gasteiger charge is 2.14. The van der Waals surface area contributed by atoms with Crippen LogP contribution in [0, 0.1) is 0 Å². The predicted octanol–water partition coefficient (Wildman–Crippen LogP) is 0.994. The molecule has 1 rings (SSSR count). The summed E-state index contributed by atoms with van der Waals surface area (Å²) in [5.74, 6) is -1.01. The highest BCUT2D eigenvalue weighted by atomic mass is 16.5. The molecule has 0 saturated heterocycles. The Hall–Kier alpha value is -2.37. The summed E-state index contributed by atoms with van der Waals surface area (Å²) < 4.78 is 13.9. The molecule has 1 aromatic rings. The lowest BCUT2D eigenvalue weighted by Gasteiger charge is -1.98. The Labute approximate surface area is 103 Å². The summed E-state index contributed by atoms with van der Waals surface area (Å²) in [5, 5.41) is 0. The summed E-state index contributed by atoms with van der Waals surface area (Å²) in [6, 6.07) is 0. The Kier molecular flexibility index (Phi) is 4.86. The fourth-order valence-electron chi connectivity index (χ4n) is 1.28. The van der Waals surface area contributed by atoms with Crippen LogP contribution in [0.15, 0.2) is 16.8 Å². The zero-order valence-electron chi connectivity index (χ0n) is 9.97. The lowest BCUT2D eigenvalue weighted by molar-refractivity contribution is -0.139. The van der Waals surface area contributed by atoms with E-state index < -0.39 is 11.9 Å². The maximum Gasteiger partial charge on any atom is 0.330 e. The summed E-state index contributed by atoms with van der Waals surface area (Å²) in [4.78, 5) is 32.9. The predicted molar refractivity (Wildman–Crippen MR) is 60.9 cm³/mol. The van der Waals surface area contributed by atoms with Gasteiger partial charge in [-0.2, -0.15) is 0 Å². The number of rotatable bonds is 5. The van der Waals surface area contributed by atoms with E-state index in [1.165, 1.54) is 26.6 Å². The summed E-state index contributed by atoms with van der Waals surface area (Å²) in [5.41, 5.74) is 0.824. The molecule has 0 aliphatic heterocycles. The number of carbonyl (C=O) groups is 3. The number of ether oxygens (including phenoxy) is 2. The number of methoxy groups -OCH3 is 2. The molecule has 1 aromatic heterocycles. The van der Waals surface area contributed by atoms with Crippen LogP contribution in [-0.2, 0) is 25.5 Å². The van der Waals surface area contributed by atoms with E-state index in [1.807, 2.05) is 0 Å². The van der Waals surface area contributed by atoms with Gasteiger partial charge in [0.25, 0.3) is 0 Å². The van der Waals surface area contributed by atoms with Gasteiger partial charge in [-0.3, -0.25) is 9.59 Å². The van der Waals surface area contributed by atoms with Gasteiger partial charge in [-0.1, -0.05) is 0 Å². The van der Waals surface area contributed by atoms with Crippen LogP contribution in [0.3, 0.4) is 0 Å². The Balaban J connectivity index is 3.02. The maximum atomic E-state index is 11.2. The van der Waals surface area contributed by atoms with Crippen molar-refractivity contribution in [2.24, 2.45) is 0 Å². The van der Waals surface area contributed by atoms with E-state index in [4.69, 9.17) is 4.42 Å². The van der Waals surface area contributed by atoms with Gasteiger partial charge in [0.1, 0.15) is 0 Å². The minimum Gasteiger partial charge on any atom is -0.469 e. The van der Waals surface area contributed by atoms with Crippen molar-refractivity contribution in [3.63, 3.8) is 0 Å². The van der Waals surface area contributed by atoms with Crippen LogP contribution in [0.25, 0.3) is 6.08 Å². The van der Waals surface area contributed by atoms with E-state index in [0.717, 1.165) is 6.08 Å². The molecule has 0 fully saturated rings. The van der Waals surface area contributed by atoms with Crippen LogP contribution in [0.5, 0.6) is 0 Å². The van der Waals surface area contributed by atoms with Crippen LogP contribution in [0.2, 0.25) is 0 Å². The first-order valence-corrected chi connectivity index (χ1v) is 5.00. The SMILES string of the molecule is COC(=O)/C=C/c1c(CC(=O)OC)coc1C=O. The summed E-state index contributed by atoms with van der Waals surface area (Å²) in [7, 11) is 2.49. The molecule has 18 heavy (non-hydrogen) atoms. The highest BCUT2D eigenvalue weighted by molar-refractivity contribution is 5.90. The molecule has 96 valence electrons. The number of carbonyl (C=O) groups excluding carboxylic acids is 3. The molecule has 0 unspecified atom stereocenters. The van der Waals surface area contributed by atoms with Gasteiger partial charge in [0, 0.05) is 17.2 Å². The number of hydrogen-bond acceptors (Lipinski definition) is 6. The minimum atomic E-state index is -0.572. The van der Waals surface area contributed by atoms with Crippen LogP contribution < -0.4 is 0 Å². The fraction of sp³-hybridized carbons (Fsp3) is 0.250. The van der Waals surface area contributed by atoms with E-state index in [9.17, 15) is 14.4 Å². The van der Waals surface area contributed by atoms with Gasteiger partial charge < -0.3 is 13.9 Å². The van der Waals surface area contributed by atoms with Crippen LogP contribution in [0.1, 0.15) is 21.7 Å². The van der Waals surface area contributed by atoms with E-state index in [0.29, 0.717) is 17.4 Å². The molecule has 6 heteroatoms. The summed E-state index contributed by atoms with van der Waals surface area (Å²) in [6.07, 6.45) is 4.22. The Morgan fingerprint density at radius 2 is 2.06 bits per heavy atom. The van der Waals surface area contributed by atoms with Crippen molar-refractivity contribution >= 4 is 24.3 Å². The second-order valence-electron chi connectivity index (χ2n) is 3.27. The normalized spacial score (nSPS) is 10.3. The zero-order valence-corrected chi connectivity index (χ0v) is 9.97. The Morgan fingerprint density at radius 1 is 1.33 bits per heavy atom. The van der Waals surface area contributed by atoms with Gasteiger partial charge in [0.05, 0.1) is 26.9 Å². The van der Waals surface area contributed by atoms with E-state index in [-0.39, 0.29) is 12.2 Å². The first-order valence-electron chi connectivity index (χ1n) is 5.00. The Morgan fingerprint density at radius 3 is 2.61 bits per heavy atom. The summed E-state index contributed by atoms with van der Waals surface area (Å²) in [6.45, 7) is 0. The second-order valence-corrected chi connectivity index (χ2v) is 3.27. The minimum absolute atomic E-state index is 0.0362. The third kappa shape index (κ3) is 3.31. The van der Waals surface area contributed by atoms with Gasteiger partial charge in [0.2, 0.25) is 0 Å². The topological polar surface area (TPSA) is 82.8 Å². The first kappa shape index (κ1) is 13.7. The maximum absolute atomic E-state index is 11.2. The molecule has 6 nitrogen and oxygen atoms in total. The van der Waals surface area contributed by atoms with Crippen molar-refractivity contribution in [2.45, 2.75) is 6.42 Å². The Bertz CT molecular complexity index is 483. The molecule has 0 aromatic carbocycles. The fourth-order valence-corrected chi connectivity index (χ4v) is 1.28. The van der Waals surface area contributed by atoms with Crippen molar-refractivity contribution in [3.05, 3.63) is 29.2 Å². The third-order valence-electron chi connectivity index (χ3n) is 2.20. The van der Waals surface area contributed by atoms with Gasteiger partial charge in [-0.25, -0.2) is 4.79 Å². The van der Waals surface area contributed by atoms with Gasteiger partial charge in [0.15, 0.2) is 12.0 Å². The monoisotopic (exact) mass is 252 g/mol. The van der Waals surface area contributed by atoms with Crippen molar-refractivity contribution in [2.75, 3.05) is 14.2 Å². The molecule has 0 saturated carbocycles. The molecule has 0 aliphatic carbocycles. The van der Waals surface area contributed by atoms with Crippen molar-refractivity contribution < 1.29 is 28.3 Å². The van der Waals surface area contributed by atoms with E-state index in [2.05, 4.69) is 9.47 Å². The molecule has 0 amide bonds. The van der Waals surface area contributed by atoms with E-state index in [1.54, 1.807) is 0 Å². The first-order chi connectivity index (χ1) is 8.62. The largest absolute Gasteiger partial charge is 0.469 e. The standard InChI is InChI=1S/C12H12O6/c1-16-11(14)4-3-9-8(5-12(15)17-2)7-18-10(9)6-13/h3-4,6-7H,5H2,1-2H3/b4-3+. The third-order valence-corrected chi connectivity index (χ3v) is 2.20. The van der Waals surface area contributed by atoms with Crippen molar-refractivity contribution in [1.29, 1.82) is 0 Å². The van der Waals surface area contributed by atoms with Crippen LogP contribution in [-0.4, -0.2) is 32.4 Å². The number of hydrogen-bond donors (Lipinski definition) is 0. The van der Waals surface area contributed by atoms with Gasteiger partial charge in [-0.15, -0.1) is 0 Å². The van der Waals surface area contributed by atoms with Crippen LogP contribution >= 0.6 is 0 Å². The molecule has 0 bridgehead atoms. The molecule has 0 aliphatic rings. The number of esters is 2. The number of aldehydes is 1. The van der Waals surface area contributed by atoms with Gasteiger partial charge in [-0.05, 0) is 6.08 Å². The lowest BCUT2D eigenvalue weighted by Crippen LogP contribution is -2.05. The van der Waals surface area contributed by atoms with Crippen LogP contribution in [0.4, 0.5) is 0 Å². The molecular weight excluding hydrogens is 240 g/mol. The van der Waals surface area contributed by atoms with Crippen molar-refractivity contribution in [3.8, 4) is 0 Å². The molecule has 0 N–H and O–H groups in total. The van der Waals surface area contributed by atoms with Gasteiger partial charge >= 0.3 is 11.9 Å². The second kappa shape index (κ2) is 6.39. The van der Waals surface area contributed by atoms with E-state index >= 15 is 0 Å². The summed E-state index contributed by atoms with van der Waals surface area (Å²) >= 11 is 0. The number of furan rings is 1. The highest BCUT2D eigenvalue weighted by Crippen LogP contribution is 2.19. The zero-order chi connectivity index (χ0) is 13.5. The smallest absolute Gasteiger partial charge is 0.330 e. The lowest BCUT2D eigenvalue weighted by atomic mass is 10.1. The molecule has 1 heterocycles. The average molecular weight is 252 g/mol. The molecular formula is C12H12O6. The molecule has 0 radical (unpaired) electrons. The molecule has 0 spiro atoms. The molecule has 0 atom stereocenters. The quantitative estimate of drug-likeness (QED) is 0.441. The average Bonchev–Trinajstić information content (AvgIpc) is 2.77.